The molecule has 2 aromatic rings. The van der Waals surface area contributed by atoms with E-state index in [1.54, 1.807) is 0 Å². The quantitative estimate of drug-likeness (QED) is 0.477. The number of amides is 1. The van der Waals surface area contributed by atoms with Crippen molar-refractivity contribution in [1.82, 2.24) is 5.32 Å². The summed E-state index contributed by atoms with van der Waals surface area (Å²) >= 11 is 0. The van der Waals surface area contributed by atoms with Gasteiger partial charge in [0, 0.05) is 30.7 Å². The van der Waals surface area contributed by atoms with Gasteiger partial charge in [-0.15, -0.1) is 0 Å². The third kappa shape index (κ3) is 6.11. The largest absolute Gasteiger partial charge is 0.372 e. The maximum atomic E-state index is 12.5. The van der Waals surface area contributed by atoms with Gasteiger partial charge in [0.15, 0.2) is 0 Å². The molecule has 2 N–H and O–H groups in total. The van der Waals surface area contributed by atoms with Crippen LogP contribution in [0.4, 0.5) is 11.4 Å². The molecule has 0 fully saturated rings. The molecule has 5 heteroatoms. The van der Waals surface area contributed by atoms with E-state index in [1.165, 1.54) is 11.8 Å². The molecule has 29 heavy (non-hydrogen) atoms. The Balaban J connectivity index is 2.01. The highest BCUT2D eigenvalue weighted by Gasteiger charge is 2.13. The van der Waals surface area contributed by atoms with Gasteiger partial charge < -0.3 is 15.5 Å². The van der Waals surface area contributed by atoms with Crippen LogP contribution in [0.3, 0.4) is 0 Å². The van der Waals surface area contributed by atoms with Crippen LogP contribution in [0.5, 0.6) is 0 Å². The van der Waals surface area contributed by atoms with Crippen LogP contribution in [0.15, 0.2) is 60.3 Å². The van der Waals surface area contributed by atoms with E-state index in [-0.39, 0.29) is 11.6 Å². The van der Waals surface area contributed by atoms with E-state index < -0.39 is 5.91 Å². The Bertz CT molecular complexity index is 859. The van der Waals surface area contributed by atoms with Gasteiger partial charge in [-0.25, -0.2) is 0 Å². The van der Waals surface area contributed by atoms with Crippen molar-refractivity contribution in [2.45, 2.75) is 40.2 Å². The zero-order valence-corrected chi connectivity index (χ0v) is 17.7. The number of nitrogens with zero attached hydrogens (tertiary/aromatic N) is 2. The summed E-state index contributed by atoms with van der Waals surface area (Å²) in [5, 5.41) is 15.3. The first kappa shape index (κ1) is 22.0. The highest BCUT2D eigenvalue weighted by molar-refractivity contribution is 5.97. The van der Waals surface area contributed by atoms with Crippen LogP contribution >= 0.6 is 0 Å². The molecule has 0 saturated carbocycles. The van der Waals surface area contributed by atoms with Gasteiger partial charge in [0.05, 0.1) is 6.04 Å². The summed E-state index contributed by atoms with van der Waals surface area (Å²) in [5.41, 5.74) is 4.26. The molecule has 0 saturated heterocycles. The van der Waals surface area contributed by atoms with Crippen LogP contribution in [0, 0.1) is 11.3 Å². The van der Waals surface area contributed by atoms with Gasteiger partial charge in [-0.1, -0.05) is 31.2 Å². The van der Waals surface area contributed by atoms with Crippen molar-refractivity contribution in [3.63, 3.8) is 0 Å². The molecule has 5 nitrogen and oxygen atoms in total. The van der Waals surface area contributed by atoms with Crippen molar-refractivity contribution in [2.75, 3.05) is 23.3 Å². The maximum Gasteiger partial charge on any atom is 0.263 e. The van der Waals surface area contributed by atoms with Crippen LogP contribution < -0.4 is 15.5 Å². The number of hydrogen-bond donors (Lipinski definition) is 2. The van der Waals surface area contributed by atoms with E-state index in [2.05, 4.69) is 48.4 Å². The normalized spacial score (nSPS) is 12.0. The summed E-state index contributed by atoms with van der Waals surface area (Å²) in [4.78, 5) is 14.7. The van der Waals surface area contributed by atoms with Gasteiger partial charge in [0.2, 0.25) is 0 Å². The van der Waals surface area contributed by atoms with Crippen molar-refractivity contribution < 1.29 is 4.79 Å². The van der Waals surface area contributed by atoms with E-state index in [9.17, 15) is 10.1 Å². The standard InChI is InChI=1S/C24H30N4O/c1-5-19-8-10-20(11-9-19)18(4)27-24(29)21(16-25)17-26-22-12-14-23(15-13-22)28(6-2)7-3/h8-15,17-18,26H,5-7H2,1-4H3,(H,27,29)/b21-17-. The lowest BCUT2D eigenvalue weighted by molar-refractivity contribution is -0.117. The SMILES string of the molecule is CCc1ccc(C(C)NC(=O)/C(C#N)=C\Nc2ccc(N(CC)CC)cc2)cc1. The minimum atomic E-state index is -0.396. The van der Waals surface area contributed by atoms with Gasteiger partial charge in [-0.2, -0.15) is 5.26 Å². The predicted molar refractivity (Wildman–Crippen MR) is 120 cm³/mol. The van der Waals surface area contributed by atoms with E-state index >= 15 is 0 Å². The highest BCUT2D eigenvalue weighted by Crippen LogP contribution is 2.18. The average molecular weight is 391 g/mol. The molecular formula is C24H30N4O. The number of carbonyl (C=O) groups is 1. The number of benzene rings is 2. The Morgan fingerprint density at radius 1 is 1.07 bits per heavy atom. The van der Waals surface area contributed by atoms with E-state index in [0.717, 1.165) is 36.4 Å². The minimum Gasteiger partial charge on any atom is -0.372 e. The van der Waals surface area contributed by atoms with Gasteiger partial charge in [0.25, 0.3) is 5.91 Å². The number of hydrogen-bond acceptors (Lipinski definition) is 4. The van der Waals surface area contributed by atoms with Gasteiger partial charge in [-0.05, 0) is 62.6 Å². The summed E-state index contributed by atoms with van der Waals surface area (Å²) in [7, 11) is 0. The highest BCUT2D eigenvalue weighted by atomic mass is 16.1. The van der Waals surface area contributed by atoms with E-state index in [0.29, 0.717) is 0 Å². The molecule has 1 atom stereocenters. The Hall–Kier alpha value is -3.26. The molecule has 1 unspecified atom stereocenters. The molecule has 2 rings (SSSR count). The van der Waals surface area contributed by atoms with Crippen LogP contribution in [0.2, 0.25) is 0 Å². The molecule has 0 heterocycles. The van der Waals surface area contributed by atoms with Crippen LogP contribution in [-0.4, -0.2) is 19.0 Å². The fraction of sp³-hybridized carbons (Fsp3) is 0.333. The molecule has 0 radical (unpaired) electrons. The molecule has 0 spiro atoms. The van der Waals surface area contributed by atoms with E-state index in [1.807, 2.05) is 49.4 Å². The van der Waals surface area contributed by atoms with Gasteiger partial charge in [-0.3, -0.25) is 4.79 Å². The summed E-state index contributed by atoms with van der Waals surface area (Å²) in [6.07, 6.45) is 2.43. The lowest BCUT2D eigenvalue weighted by Gasteiger charge is -2.21. The fourth-order valence-corrected chi connectivity index (χ4v) is 3.06. The smallest absolute Gasteiger partial charge is 0.263 e. The topological polar surface area (TPSA) is 68.2 Å². The second kappa shape index (κ2) is 10.9. The Morgan fingerprint density at radius 2 is 1.69 bits per heavy atom. The van der Waals surface area contributed by atoms with Crippen LogP contribution in [0.25, 0.3) is 0 Å². The zero-order chi connectivity index (χ0) is 21.2. The summed E-state index contributed by atoms with van der Waals surface area (Å²) in [6, 6.07) is 17.9. The molecule has 2 aromatic carbocycles. The summed E-state index contributed by atoms with van der Waals surface area (Å²) in [5.74, 6) is -0.396. The van der Waals surface area contributed by atoms with E-state index in [4.69, 9.17) is 0 Å². The second-order valence-electron chi connectivity index (χ2n) is 6.82. The average Bonchev–Trinajstić information content (AvgIpc) is 2.76. The number of carbonyl (C=O) groups excluding carboxylic acids is 1. The molecule has 0 aliphatic carbocycles. The number of nitrogens with one attached hydrogen (secondary N) is 2. The molecule has 0 aromatic heterocycles. The number of nitriles is 1. The van der Waals surface area contributed by atoms with Gasteiger partial charge >= 0.3 is 0 Å². The van der Waals surface area contributed by atoms with Crippen molar-refractivity contribution in [2.24, 2.45) is 0 Å². The van der Waals surface area contributed by atoms with Crippen molar-refractivity contribution in [3.8, 4) is 6.07 Å². The lowest BCUT2D eigenvalue weighted by Crippen LogP contribution is -2.28. The zero-order valence-electron chi connectivity index (χ0n) is 17.7. The molecular weight excluding hydrogens is 360 g/mol. The van der Waals surface area contributed by atoms with Crippen molar-refractivity contribution >= 4 is 17.3 Å². The summed E-state index contributed by atoms with van der Waals surface area (Å²) < 4.78 is 0. The first-order valence-corrected chi connectivity index (χ1v) is 10.1. The lowest BCUT2D eigenvalue weighted by atomic mass is 10.0. The fourth-order valence-electron chi connectivity index (χ4n) is 3.06. The number of rotatable bonds is 9. The van der Waals surface area contributed by atoms with Crippen LogP contribution in [-0.2, 0) is 11.2 Å². The molecule has 152 valence electrons. The Kier molecular flexibility index (Phi) is 8.29. The third-order valence-corrected chi connectivity index (χ3v) is 4.98. The van der Waals surface area contributed by atoms with Gasteiger partial charge in [0.1, 0.15) is 11.6 Å². The molecule has 1 amide bonds. The van der Waals surface area contributed by atoms with Crippen molar-refractivity contribution in [1.29, 1.82) is 5.26 Å². The number of anilines is 2. The Morgan fingerprint density at radius 3 is 2.21 bits per heavy atom. The first-order valence-electron chi connectivity index (χ1n) is 10.1. The predicted octanol–water partition coefficient (Wildman–Crippen LogP) is 4.79. The maximum absolute atomic E-state index is 12.5. The van der Waals surface area contributed by atoms with Crippen molar-refractivity contribution in [3.05, 3.63) is 71.4 Å². The Labute approximate surface area is 174 Å². The number of aryl methyl sites for hydroxylation is 1. The second-order valence-corrected chi connectivity index (χ2v) is 6.82. The molecule has 0 aliphatic heterocycles. The van der Waals surface area contributed by atoms with Crippen LogP contribution in [0.1, 0.15) is 44.9 Å². The summed E-state index contributed by atoms with van der Waals surface area (Å²) in [6.45, 7) is 10.1. The minimum absolute atomic E-state index is 0.0369. The third-order valence-electron chi connectivity index (χ3n) is 4.98. The molecule has 0 bridgehead atoms. The first-order chi connectivity index (χ1) is 14.0. The monoisotopic (exact) mass is 390 g/mol. The molecule has 0 aliphatic rings.